The van der Waals surface area contributed by atoms with Crippen molar-refractivity contribution >= 4 is 17.3 Å². The predicted octanol–water partition coefficient (Wildman–Crippen LogP) is -2.31. The predicted molar refractivity (Wildman–Crippen MR) is 117 cm³/mol. The summed E-state index contributed by atoms with van der Waals surface area (Å²) in [7, 11) is 0. The molecule has 12 nitrogen and oxygen atoms in total. The lowest BCUT2D eigenvalue weighted by Crippen LogP contribution is -2.57. The average molecular weight is 465 g/mol. The van der Waals surface area contributed by atoms with Crippen LogP contribution >= 0.6 is 0 Å². The van der Waals surface area contributed by atoms with Crippen LogP contribution in [0.15, 0.2) is 50.8 Å². The lowest BCUT2D eigenvalue weighted by molar-refractivity contribution is -0.126. The Labute approximate surface area is 188 Å². The Hall–Kier alpha value is -3.48. The van der Waals surface area contributed by atoms with Crippen molar-refractivity contribution in [1.82, 2.24) is 13.7 Å². The lowest BCUT2D eigenvalue weighted by atomic mass is 10.1. The highest BCUT2D eigenvalue weighted by Gasteiger charge is 2.26. The summed E-state index contributed by atoms with van der Waals surface area (Å²) in [5.41, 5.74) is -4.04. The van der Waals surface area contributed by atoms with Crippen LogP contribution in [-0.4, -0.2) is 64.7 Å². The van der Waals surface area contributed by atoms with Gasteiger partial charge in [-0.05, 0) is 37.5 Å². The van der Waals surface area contributed by atoms with Crippen molar-refractivity contribution in [3.63, 3.8) is 0 Å². The maximum atomic E-state index is 12.8. The van der Waals surface area contributed by atoms with Gasteiger partial charge in [0.25, 0.3) is 0 Å². The van der Waals surface area contributed by atoms with Gasteiger partial charge in [-0.2, -0.15) is 0 Å². The van der Waals surface area contributed by atoms with Crippen molar-refractivity contribution in [1.29, 1.82) is 0 Å². The fraction of sp³-hybridized carbons (Fsp3) is 0.429. The molecule has 0 aromatic carbocycles. The summed E-state index contributed by atoms with van der Waals surface area (Å²) in [5, 5.41) is 29.6. The van der Waals surface area contributed by atoms with Gasteiger partial charge >= 0.3 is 17.1 Å². The topological polar surface area (TPSA) is 178 Å². The number of carbonyl (C=O) groups excluding carboxylic acids is 3. The fourth-order valence-corrected chi connectivity index (χ4v) is 2.64. The van der Waals surface area contributed by atoms with Crippen molar-refractivity contribution < 1.29 is 29.7 Å². The van der Waals surface area contributed by atoms with E-state index in [0.29, 0.717) is 0 Å². The molecule has 0 amide bonds. The van der Waals surface area contributed by atoms with Gasteiger partial charge in [0.15, 0.2) is 17.3 Å². The third-order valence-corrected chi connectivity index (χ3v) is 4.64. The standard InChI is InChI=1S/C21H27N3O9/c1-10(2)16(28)13(25)7-22-19(31)23(8-14(26)17(29)11(3)4)21(33)24(20(22)32)9-15(27)18(30)12(5)6/h16-18,28-30H,1,3,5,7-9H2,2,4,6H3. The Morgan fingerprint density at radius 1 is 0.606 bits per heavy atom. The molecule has 3 atom stereocenters. The molecule has 0 fully saturated rings. The molecule has 0 bridgehead atoms. The van der Waals surface area contributed by atoms with Crippen molar-refractivity contribution in [3.05, 3.63) is 67.9 Å². The summed E-state index contributed by atoms with van der Waals surface area (Å²) in [5.74, 6) is -3.04. The first-order chi connectivity index (χ1) is 15.1. The highest BCUT2D eigenvalue weighted by molar-refractivity contribution is 5.86. The highest BCUT2D eigenvalue weighted by atomic mass is 16.3. The molecule has 0 aliphatic rings. The van der Waals surface area contributed by atoms with E-state index < -0.39 is 72.4 Å². The third-order valence-electron chi connectivity index (χ3n) is 4.64. The molecule has 0 saturated carbocycles. The zero-order valence-corrected chi connectivity index (χ0v) is 18.6. The Morgan fingerprint density at radius 2 is 0.788 bits per heavy atom. The van der Waals surface area contributed by atoms with E-state index in [0.717, 1.165) is 0 Å². The Kier molecular flexibility index (Phi) is 9.10. The van der Waals surface area contributed by atoms with E-state index in [-0.39, 0.29) is 30.4 Å². The zero-order valence-electron chi connectivity index (χ0n) is 18.6. The van der Waals surface area contributed by atoms with Crippen LogP contribution in [0.5, 0.6) is 0 Å². The molecular formula is C21H27N3O9. The van der Waals surface area contributed by atoms with Crippen LogP contribution in [0.1, 0.15) is 20.8 Å². The van der Waals surface area contributed by atoms with E-state index in [1.54, 1.807) is 0 Å². The van der Waals surface area contributed by atoms with Crippen molar-refractivity contribution in [2.45, 2.75) is 58.7 Å². The molecule has 1 heterocycles. The van der Waals surface area contributed by atoms with E-state index in [1.165, 1.54) is 20.8 Å². The second-order valence-corrected chi connectivity index (χ2v) is 7.75. The second kappa shape index (κ2) is 10.9. The number of rotatable bonds is 12. The van der Waals surface area contributed by atoms with E-state index in [2.05, 4.69) is 19.7 Å². The van der Waals surface area contributed by atoms with Crippen LogP contribution in [0.2, 0.25) is 0 Å². The normalized spacial score (nSPS) is 13.6. The van der Waals surface area contributed by atoms with Crippen LogP contribution in [-0.2, 0) is 34.0 Å². The summed E-state index contributed by atoms with van der Waals surface area (Å²) in [4.78, 5) is 75.2. The van der Waals surface area contributed by atoms with Crippen LogP contribution in [0.4, 0.5) is 0 Å². The molecule has 3 N–H and O–H groups in total. The largest absolute Gasteiger partial charge is 0.381 e. The molecule has 0 spiro atoms. The molecule has 1 aromatic rings. The molecule has 0 saturated heterocycles. The second-order valence-electron chi connectivity index (χ2n) is 7.75. The number of Topliss-reactive ketones (excluding diaryl/α,β-unsaturated/α-hetero) is 3. The first-order valence-corrected chi connectivity index (χ1v) is 9.64. The molecular weight excluding hydrogens is 438 g/mol. The number of carbonyl (C=O) groups is 3. The number of hydrogen-bond donors (Lipinski definition) is 3. The molecule has 3 unspecified atom stereocenters. The maximum absolute atomic E-state index is 12.8. The van der Waals surface area contributed by atoms with Gasteiger partial charge in [-0.25, -0.2) is 28.1 Å². The highest BCUT2D eigenvalue weighted by Crippen LogP contribution is 2.02. The number of ketones is 3. The number of aliphatic hydroxyl groups is 3. The van der Waals surface area contributed by atoms with Crippen molar-refractivity contribution in [2.24, 2.45) is 0 Å². The summed E-state index contributed by atoms with van der Waals surface area (Å²) in [6.45, 7) is 11.2. The van der Waals surface area contributed by atoms with Gasteiger partial charge in [0.2, 0.25) is 0 Å². The summed E-state index contributed by atoms with van der Waals surface area (Å²) < 4.78 is 0.782. The van der Waals surface area contributed by atoms with Gasteiger partial charge in [0.1, 0.15) is 18.3 Å². The van der Waals surface area contributed by atoms with E-state index in [4.69, 9.17) is 0 Å². The van der Waals surface area contributed by atoms with Crippen LogP contribution in [0.25, 0.3) is 0 Å². The van der Waals surface area contributed by atoms with Gasteiger partial charge in [-0.15, -0.1) is 0 Å². The van der Waals surface area contributed by atoms with Crippen molar-refractivity contribution in [3.8, 4) is 0 Å². The Balaban J connectivity index is 3.72. The molecule has 1 aromatic heterocycles. The molecule has 0 radical (unpaired) electrons. The van der Waals surface area contributed by atoms with Gasteiger partial charge in [-0.3, -0.25) is 14.4 Å². The zero-order chi connectivity index (χ0) is 25.8. The molecule has 0 aliphatic heterocycles. The number of nitrogens with zero attached hydrogens (tertiary/aromatic N) is 3. The quantitative estimate of drug-likeness (QED) is 0.286. The van der Waals surface area contributed by atoms with Crippen molar-refractivity contribution in [2.75, 3.05) is 0 Å². The SMILES string of the molecule is C=C(C)C(O)C(=O)Cn1c(=O)n(CC(=O)C(O)C(=C)C)c(=O)n(CC(=O)C(O)C(=C)C)c1=O. The molecule has 180 valence electrons. The average Bonchev–Trinajstić information content (AvgIpc) is 2.74. The minimum atomic E-state index is -1.72. The monoisotopic (exact) mass is 465 g/mol. The number of aliphatic hydroxyl groups excluding tert-OH is 3. The Bertz CT molecular complexity index is 1020. The molecule has 1 rings (SSSR count). The molecule has 0 aliphatic carbocycles. The van der Waals surface area contributed by atoms with E-state index in [9.17, 15) is 44.1 Å². The minimum absolute atomic E-state index is 0.0289. The first-order valence-electron chi connectivity index (χ1n) is 9.64. The van der Waals surface area contributed by atoms with E-state index >= 15 is 0 Å². The third kappa shape index (κ3) is 6.28. The molecule has 33 heavy (non-hydrogen) atoms. The maximum Gasteiger partial charge on any atom is 0.337 e. The Morgan fingerprint density at radius 3 is 0.939 bits per heavy atom. The smallest absolute Gasteiger partial charge is 0.337 e. The van der Waals surface area contributed by atoms with E-state index in [1.807, 2.05) is 0 Å². The van der Waals surface area contributed by atoms with Gasteiger partial charge in [0.05, 0.1) is 19.6 Å². The van der Waals surface area contributed by atoms with Crippen LogP contribution in [0, 0.1) is 0 Å². The summed E-state index contributed by atoms with van der Waals surface area (Å²) in [6.07, 6.45) is -5.16. The van der Waals surface area contributed by atoms with Gasteiger partial charge in [-0.1, -0.05) is 19.7 Å². The lowest BCUT2D eigenvalue weighted by Gasteiger charge is -2.16. The number of hydrogen-bond acceptors (Lipinski definition) is 9. The summed E-state index contributed by atoms with van der Waals surface area (Å²) >= 11 is 0. The van der Waals surface area contributed by atoms with Crippen LogP contribution in [0.3, 0.4) is 0 Å². The molecule has 12 heteroatoms. The number of aromatic nitrogens is 3. The minimum Gasteiger partial charge on any atom is -0.381 e. The van der Waals surface area contributed by atoms with Crippen LogP contribution < -0.4 is 17.1 Å². The first kappa shape index (κ1) is 27.6. The van der Waals surface area contributed by atoms with Gasteiger partial charge in [0, 0.05) is 0 Å². The van der Waals surface area contributed by atoms with Gasteiger partial charge < -0.3 is 15.3 Å². The summed E-state index contributed by atoms with van der Waals surface area (Å²) in [6, 6.07) is 0. The fourth-order valence-electron chi connectivity index (χ4n) is 2.64.